The van der Waals surface area contributed by atoms with Crippen LogP contribution in [0.3, 0.4) is 0 Å². The van der Waals surface area contributed by atoms with Gasteiger partial charge in [0.15, 0.2) is 0 Å². The number of methoxy groups -OCH3 is 1. The Kier molecular flexibility index (Phi) is 6.51. The quantitative estimate of drug-likeness (QED) is 0.535. The molecule has 0 fully saturated rings. The Morgan fingerprint density at radius 2 is 1.73 bits per heavy atom. The van der Waals surface area contributed by atoms with Crippen LogP contribution in [0.4, 0.5) is 0 Å². The predicted octanol–water partition coefficient (Wildman–Crippen LogP) is 0.821. The van der Waals surface area contributed by atoms with Crippen LogP contribution < -0.4 is 0 Å². The van der Waals surface area contributed by atoms with Crippen molar-refractivity contribution in [2.24, 2.45) is 0 Å². The summed E-state index contributed by atoms with van der Waals surface area (Å²) in [5.41, 5.74) is 0. The van der Waals surface area contributed by atoms with Gasteiger partial charge >= 0.3 is 0 Å². The highest BCUT2D eigenvalue weighted by atomic mass is 16.5. The van der Waals surface area contributed by atoms with Gasteiger partial charge < -0.3 is 4.74 Å². The molecule has 0 radical (unpaired) electrons. The zero-order chi connectivity index (χ0) is 8.69. The van der Waals surface area contributed by atoms with Gasteiger partial charge in [-0.2, -0.15) is 0 Å². The zero-order valence-corrected chi connectivity index (χ0v) is 8.13. The summed E-state index contributed by atoms with van der Waals surface area (Å²) in [7, 11) is 3.82. The van der Waals surface area contributed by atoms with Crippen LogP contribution in [0.5, 0.6) is 0 Å². The molecule has 0 aliphatic rings. The molecular weight excluding hydrogens is 140 g/mol. The van der Waals surface area contributed by atoms with Crippen molar-refractivity contribution in [3.63, 3.8) is 0 Å². The molecule has 11 heavy (non-hydrogen) atoms. The van der Waals surface area contributed by atoms with E-state index >= 15 is 0 Å². The fraction of sp³-hybridized carbons (Fsp3) is 1.00. The van der Waals surface area contributed by atoms with Crippen molar-refractivity contribution in [1.29, 1.82) is 0 Å². The van der Waals surface area contributed by atoms with Gasteiger partial charge in [0.2, 0.25) is 0 Å². The van der Waals surface area contributed by atoms with E-state index in [-0.39, 0.29) is 0 Å². The smallest absolute Gasteiger partial charge is 0.0603 e. The van der Waals surface area contributed by atoms with Crippen LogP contribution in [0.15, 0.2) is 0 Å². The highest BCUT2D eigenvalue weighted by Crippen LogP contribution is 1.92. The van der Waals surface area contributed by atoms with Gasteiger partial charge in [0.1, 0.15) is 0 Å². The number of ether oxygens (including phenoxy) is 1. The van der Waals surface area contributed by atoms with Crippen LogP contribution >= 0.6 is 0 Å². The highest BCUT2D eigenvalue weighted by molar-refractivity contribution is 4.48. The molecule has 0 saturated heterocycles. The van der Waals surface area contributed by atoms with Gasteiger partial charge in [-0.15, -0.1) is 0 Å². The van der Waals surface area contributed by atoms with Gasteiger partial charge in [0, 0.05) is 33.8 Å². The monoisotopic (exact) mass is 160 g/mol. The topological polar surface area (TPSA) is 15.7 Å². The Morgan fingerprint density at radius 1 is 1.18 bits per heavy atom. The van der Waals surface area contributed by atoms with E-state index in [1.54, 1.807) is 7.11 Å². The zero-order valence-electron chi connectivity index (χ0n) is 8.13. The molecule has 0 bridgehead atoms. The average molecular weight is 160 g/mol. The van der Waals surface area contributed by atoms with E-state index in [9.17, 15) is 0 Å². The molecule has 0 aromatic carbocycles. The Morgan fingerprint density at radius 3 is 2.09 bits per heavy atom. The van der Waals surface area contributed by atoms with Crippen LogP contribution in [0, 0.1) is 0 Å². The number of rotatable bonds is 6. The van der Waals surface area contributed by atoms with Gasteiger partial charge in [-0.25, -0.2) is 10.0 Å². The molecule has 0 rings (SSSR count). The fourth-order valence-electron chi connectivity index (χ4n) is 1.07. The summed E-state index contributed by atoms with van der Waals surface area (Å²) in [6.45, 7) is 8.22. The van der Waals surface area contributed by atoms with Crippen molar-refractivity contribution < 1.29 is 4.74 Å². The van der Waals surface area contributed by atoms with Gasteiger partial charge in [-0.05, 0) is 0 Å². The number of likely N-dealkylation sites (N-methyl/N-ethyl adjacent to an activating group) is 1. The molecule has 0 amide bonds. The van der Waals surface area contributed by atoms with E-state index in [4.69, 9.17) is 4.74 Å². The molecule has 0 atom stereocenters. The second-order valence-corrected chi connectivity index (χ2v) is 2.51. The first kappa shape index (κ1) is 10.9. The minimum atomic E-state index is 0.799. The first-order valence-electron chi connectivity index (χ1n) is 4.21. The second kappa shape index (κ2) is 6.58. The van der Waals surface area contributed by atoms with Crippen LogP contribution in [0.1, 0.15) is 13.8 Å². The van der Waals surface area contributed by atoms with Crippen molar-refractivity contribution in [3.8, 4) is 0 Å². The van der Waals surface area contributed by atoms with Crippen molar-refractivity contribution >= 4 is 0 Å². The number of hydrogen-bond donors (Lipinski definition) is 0. The molecule has 68 valence electrons. The lowest BCUT2D eigenvalue weighted by atomic mass is 10.6. The van der Waals surface area contributed by atoms with E-state index in [2.05, 4.69) is 30.9 Å². The molecule has 3 heteroatoms. The molecule has 0 aliphatic heterocycles. The molecule has 0 unspecified atom stereocenters. The SMILES string of the molecule is CCN(CC)N(C)CCOC. The summed E-state index contributed by atoms with van der Waals surface area (Å²) in [5.74, 6) is 0. The second-order valence-electron chi connectivity index (χ2n) is 2.51. The largest absolute Gasteiger partial charge is 0.383 e. The molecular formula is C8H20N2O. The number of nitrogens with zero attached hydrogens (tertiary/aromatic N) is 2. The van der Waals surface area contributed by atoms with Crippen LogP contribution in [-0.2, 0) is 4.74 Å². The molecule has 0 aromatic rings. The minimum Gasteiger partial charge on any atom is -0.383 e. The van der Waals surface area contributed by atoms with Gasteiger partial charge in [0.05, 0.1) is 6.61 Å². The Labute approximate surface area is 69.9 Å². The third kappa shape index (κ3) is 4.35. The first-order chi connectivity index (χ1) is 5.26. The summed E-state index contributed by atoms with van der Waals surface area (Å²) in [6, 6.07) is 0. The first-order valence-corrected chi connectivity index (χ1v) is 4.21. The molecule has 0 aromatic heterocycles. The van der Waals surface area contributed by atoms with E-state index in [1.807, 2.05) is 0 Å². The molecule has 3 nitrogen and oxygen atoms in total. The molecule has 0 aliphatic carbocycles. The van der Waals surface area contributed by atoms with E-state index in [1.165, 1.54) is 0 Å². The summed E-state index contributed by atoms with van der Waals surface area (Å²) in [4.78, 5) is 0. The van der Waals surface area contributed by atoms with Crippen molar-refractivity contribution in [3.05, 3.63) is 0 Å². The molecule has 0 saturated carbocycles. The molecule has 0 spiro atoms. The van der Waals surface area contributed by atoms with E-state index in [0.717, 1.165) is 26.2 Å². The van der Waals surface area contributed by atoms with Crippen LogP contribution in [-0.4, -0.2) is 50.4 Å². The third-order valence-corrected chi connectivity index (χ3v) is 1.83. The number of hydrazine groups is 1. The third-order valence-electron chi connectivity index (χ3n) is 1.83. The maximum absolute atomic E-state index is 4.98. The molecule has 0 N–H and O–H groups in total. The minimum absolute atomic E-state index is 0.799. The maximum atomic E-state index is 4.98. The summed E-state index contributed by atoms with van der Waals surface area (Å²) >= 11 is 0. The van der Waals surface area contributed by atoms with Crippen molar-refractivity contribution in [2.45, 2.75) is 13.8 Å². The van der Waals surface area contributed by atoms with Crippen molar-refractivity contribution in [2.75, 3.05) is 40.4 Å². The Hall–Kier alpha value is -0.120. The van der Waals surface area contributed by atoms with Gasteiger partial charge in [-0.1, -0.05) is 13.8 Å². The summed E-state index contributed by atoms with van der Waals surface area (Å²) in [6.07, 6.45) is 0. The standard InChI is InChI=1S/C8H20N2O/c1-5-10(6-2)9(3)7-8-11-4/h5-8H2,1-4H3. The average Bonchev–Trinajstić information content (AvgIpc) is 2.03. The predicted molar refractivity (Wildman–Crippen MR) is 47.4 cm³/mol. The van der Waals surface area contributed by atoms with Gasteiger partial charge in [-0.3, -0.25) is 0 Å². The Balaban J connectivity index is 3.51. The molecule has 0 heterocycles. The highest BCUT2D eigenvalue weighted by Gasteiger charge is 2.04. The number of hydrogen-bond acceptors (Lipinski definition) is 3. The lowest BCUT2D eigenvalue weighted by Crippen LogP contribution is -2.41. The maximum Gasteiger partial charge on any atom is 0.0603 e. The van der Waals surface area contributed by atoms with Crippen LogP contribution in [0.25, 0.3) is 0 Å². The summed E-state index contributed by atoms with van der Waals surface area (Å²) in [5, 5.41) is 4.47. The lowest BCUT2D eigenvalue weighted by Gasteiger charge is -2.29. The Bertz CT molecular complexity index is 84.2. The van der Waals surface area contributed by atoms with Gasteiger partial charge in [0.25, 0.3) is 0 Å². The summed E-state index contributed by atoms with van der Waals surface area (Å²) < 4.78 is 4.98. The van der Waals surface area contributed by atoms with Crippen molar-refractivity contribution in [1.82, 2.24) is 10.0 Å². The van der Waals surface area contributed by atoms with E-state index < -0.39 is 0 Å². The normalized spacial score (nSPS) is 11.5. The fourth-order valence-corrected chi connectivity index (χ4v) is 1.07. The van der Waals surface area contributed by atoms with Crippen LogP contribution in [0.2, 0.25) is 0 Å². The lowest BCUT2D eigenvalue weighted by molar-refractivity contribution is -0.00822. The van der Waals surface area contributed by atoms with E-state index in [0.29, 0.717) is 0 Å².